The standard InChI is InChI=1S/C19H30N2O/c1-19(2,13-7-10-16-8-5-4-6-9-16)18(22)21-14-11-17(20-3)12-15-21/h4-6,8-9,17,20H,7,10-15H2,1-3H3. The Morgan fingerprint density at radius 1 is 1.23 bits per heavy atom. The van der Waals surface area contributed by atoms with E-state index in [1.807, 2.05) is 13.1 Å². The summed E-state index contributed by atoms with van der Waals surface area (Å²) < 4.78 is 0. The molecule has 122 valence electrons. The number of hydrogen-bond donors (Lipinski definition) is 1. The van der Waals surface area contributed by atoms with E-state index in [1.54, 1.807) is 0 Å². The Bertz CT molecular complexity index is 462. The van der Waals surface area contributed by atoms with Crippen LogP contribution in [0.15, 0.2) is 30.3 Å². The van der Waals surface area contributed by atoms with Gasteiger partial charge in [0, 0.05) is 24.5 Å². The van der Waals surface area contributed by atoms with Gasteiger partial charge in [0.15, 0.2) is 0 Å². The van der Waals surface area contributed by atoms with Gasteiger partial charge in [0.25, 0.3) is 0 Å². The fourth-order valence-corrected chi connectivity index (χ4v) is 3.29. The Labute approximate surface area is 135 Å². The van der Waals surface area contributed by atoms with Gasteiger partial charge in [0.1, 0.15) is 0 Å². The summed E-state index contributed by atoms with van der Waals surface area (Å²) in [7, 11) is 2.01. The molecular weight excluding hydrogens is 272 g/mol. The van der Waals surface area contributed by atoms with Crippen LogP contribution in [0, 0.1) is 5.41 Å². The van der Waals surface area contributed by atoms with E-state index in [-0.39, 0.29) is 5.41 Å². The predicted molar refractivity (Wildman–Crippen MR) is 91.8 cm³/mol. The third kappa shape index (κ3) is 4.57. The van der Waals surface area contributed by atoms with Crippen molar-refractivity contribution in [2.24, 2.45) is 5.41 Å². The van der Waals surface area contributed by atoms with Gasteiger partial charge in [-0.25, -0.2) is 0 Å². The molecule has 1 aliphatic heterocycles. The minimum Gasteiger partial charge on any atom is -0.342 e. The molecule has 1 aromatic carbocycles. The maximum atomic E-state index is 12.8. The monoisotopic (exact) mass is 302 g/mol. The number of piperidine rings is 1. The second kappa shape index (κ2) is 7.77. The number of carbonyl (C=O) groups excluding carboxylic acids is 1. The highest BCUT2D eigenvalue weighted by atomic mass is 16.2. The summed E-state index contributed by atoms with van der Waals surface area (Å²) in [5.74, 6) is 0.329. The number of nitrogens with zero attached hydrogens (tertiary/aromatic N) is 1. The van der Waals surface area contributed by atoms with Crippen molar-refractivity contribution in [2.75, 3.05) is 20.1 Å². The van der Waals surface area contributed by atoms with Crippen LogP contribution < -0.4 is 5.32 Å². The van der Waals surface area contributed by atoms with E-state index < -0.39 is 0 Å². The Kier molecular flexibility index (Phi) is 6.01. The maximum Gasteiger partial charge on any atom is 0.228 e. The molecule has 1 N–H and O–H groups in total. The molecule has 0 spiro atoms. The predicted octanol–water partition coefficient (Wildman–Crippen LogP) is 3.25. The minimum atomic E-state index is -0.249. The molecule has 0 saturated carbocycles. The Balaban J connectivity index is 1.80. The maximum absolute atomic E-state index is 12.8. The molecule has 2 rings (SSSR count). The van der Waals surface area contributed by atoms with Crippen LogP contribution in [0.1, 0.15) is 45.1 Å². The zero-order chi connectivity index (χ0) is 16.0. The molecule has 1 aromatic rings. The van der Waals surface area contributed by atoms with Gasteiger partial charge in [0.05, 0.1) is 0 Å². The Hall–Kier alpha value is -1.35. The van der Waals surface area contributed by atoms with Gasteiger partial charge in [-0.3, -0.25) is 4.79 Å². The highest BCUT2D eigenvalue weighted by Gasteiger charge is 2.33. The summed E-state index contributed by atoms with van der Waals surface area (Å²) in [6.45, 7) is 5.99. The first-order valence-electron chi connectivity index (χ1n) is 8.53. The fourth-order valence-electron chi connectivity index (χ4n) is 3.29. The molecule has 3 heteroatoms. The van der Waals surface area contributed by atoms with Gasteiger partial charge in [-0.05, 0) is 44.7 Å². The van der Waals surface area contributed by atoms with Gasteiger partial charge >= 0.3 is 0 Å². The van der Waals surface area contributed by atoms with E-state index in [0.717, 1.165) is 45.2 Å². The third-order valence-electron chi connectivity index (χ3n) is 4.88. The van der Waals surface area contributed by atoms with E-state index in [2.05, 4.69) is 48.3 Å². The van der Waals surface area contributed by atoms with Crippen molar-refractivity contribution in [1.82, 2.24) is 10.2 Å². The number of likely N-dealkylation sites (tertiary alicyclic amines) is 1. The van der Waals surface area contributed by atoms with Crippen molar-refractivity contribution in [3.63, 3.8) is 0 Å². The lowest BCUT2D eigenvalue weighted by molar-refractivity contribution is -0.142. The van der Waals surface area contributed by atoms with Crippen LogP contribution in [0.25, 0.3) is 0 Å². The summed E-state index contributed by atoms with van der Waals surface area (Å²) in [5, 5.41) is 3.32. The molecule has 3 nitrogen and oxygen atoms in total. The number of aryl methyl sites for hydroxylation is 1. The van der Waals surface area contributed by atoms with Crippen LogP contribution in [0.5, 0.6) is 0 Å². The Morgan fingerprint density at radius 3 is 2.45 bits per heavy atom. The van der Waals surface area contributed by atoms with Crippen LogP contribution >= 0.6 is 0 Å². The summed E-state index contributed by atoms with van der Waals surface area (Å²) in [4.78, 5) is 14.8. The smallest absolute Gasteiger partial charge is 0.228 e. The summed E-state index contributed by atoms with van der Waals surface area (Å²) in [6.07, 6.45) is 5.21. The lowest BCUT2D eigenvalue weighted by atomic mass is 9.84. The Morgan fingerprint density at radius 2 is 1.86 bits per heavy atom. The van der Waals surface area contributed by atoms with Crippen molar-refractivity contribution in [3.8, 4) is 0 Å². The molecular formula is C19H30N2O. The molecule has 22 heavy (non-hydrogen) atoms. The second-order valence-corrected chi connectivity index (χ2v) is 7.08. The second-order valence-electron chi connectivity index (χ2n) is 7.08. The first kappa shape index (κ1) is 17.0. The zero-order valence-electron chi connectivity index (χ0n) is 14.3. The van der Waals surface area contributed by atoms with E-state index in [9.17, 15) is 4.79 Å². The van der Waals surface area contributed by atoms with Gasteiger partial charge in [-0.1, -0.05) is 44.2 Å². The molecule has 1 saturated heterocycles. The van der Waals surface area contributed by atoms with E-state index in [1.165, 1.54) is 5.56 Å². The lowest BCUT2D eigenvalue weighted by Crippen LogP contribution is -2.48. The van der Waals surface area contributed by atoms with Crippen LogP contribution in [0.2, 0.25) is 0 Å². The molecule has 0 atom stereocenters. The average Bonchev–Trinajstić information content (AvgIpc) is 2.55. The van der Waals surface area contributed by atoms with Crippen molar-refractivity contribution in [2.45, 2.75) is 52.0 Å². The van der Waals surface area contributed by atoms with E-state index in [4.69, 9.17) is 0 Å². The van der Waals surface area contributed by atoms with Gasteiger partial charge in [-0.15, -0.1) is 0 Å². The highest BCUT2D eigenvalue weighted by molar-refractivity contribution is 5.82. The summed E-state index contributed by atoms with van der Waals surface area (Å²) >= 11 is 0. The first-order valence-corrected chi connectivity index (χ1v) is 8.53. The third-order valence-corrected chi connectivity index (χ3v) is 4.88. The van der Waals surface area contributed by atoms with Crippen LogP contribution in [0.4, 0.5) is 0 Å². The normalized spacial score (nSPS) is 16.8. The summed E-state index contributed by atoms with van der Waals surface area (Å²) in [6, 6.07) is 11.1. The number of nitrogens with one attached hydrogen (secondary N) is 1. The largest absolute Gasteiger partial charge is 0.342 e. The molecule has 0 radical (unpaired) electrons. The fraction of sp³-hybridized carbons (Fsp3) is 0.632. The number of benzene rings is 1. The molecule has 0 unspecified atom stereocenters. The van der Waals surface area contributed by atoms with Crippen molar-refractivity contribution >= 4 is 5.91 Å². The number of carbonyl (C=O) groups is 1. The van der Waals surface area contributed by atoms with Crippen molar-refractivity contribution in [1.29, 1.82) is 0 Å². The average molecular weight is 302 g/mol. The molecule has 1 amide bonds. The minimum absolute atomic E-state index is 0.249. The SMILES string of the molecule is CNC1CCN(C(=O)C(C)(C)CCCc2ccccc2)CC1. The number of amides is 1. The topological polar surface area (TPSA) is 32.3 Å². The van der Waals surface area contributed by atoms with Crippen molar-refractivity contribution < 1.29 is 4.79 Å². The van der Waals surface area contributed by atoms with Gasteiger partial charge in [0.2, 0.25) is 5.91 Å². The zero-order valence-corrected chi connectivity index (χ0v) is 14.3. The van der Waals surface area contributed by atoms with Crippen LogP contribution in [0.3, 0.4) is 0 Å². The summed E-state index contributed by atoms with van der Waals surface area (Å²) in [5.41, 5.74) is 1.11. The number of hydrogen-bond acceptors (Lipinski definition) is 2. The van der Waals surface area contributed by atoms with Gasteiger partial charge in [-0.2, -0.15) is 0 Å². The van der Waals surface area contributed by atoms with Crippen molar-refractivity contribution in [3.05, 3.63) is 35.9 Å². The molecule has 1 heterocycles. The lowest BCUT2D eigenvalue weighted by Gasteiger charge is -2.37. The molecule has 0 aliphatic carbocycles. The molecule has 0 bridgehead atoms. The molecule has 1 fully saturated rings. The quantitative estimate of drug-likeness (QED) is 0.875. The van der Waals surface area contributed by atoms with E-state index in [0.29, 0.717) is 11.9 Å². The first-order chi connectivity index (χ1) is 10.5. The molecule has 0 aromatic heterocycles. The number of rotatable bonds is 6. The highest BCUT2D eigenvalue weighted by Crippen LogP contribution is 2.28. The van der Waals surface area contributed by atoms with Crippen LogP contribution in [-0.2, 0) is 11.2 Å². The van der Waals surface area contributed by atoms with Gasteiger partial charge < -0.3 is 10.2 Å². The van der Waals surface area contributed by atoms with E-state index >= 15 is 0 Å². The molecule has 1 aliphatic rings. The van der Waals surface area contributed by atoms with Crippen LogP contribution in [-0.4, -0.2) is 37.0 Å².